The zero-order chi connectivity index (χ0) is 25.8. The maximum absolute atomic E-state index is 14.9. The van der Waals surface area contributed by atoms with Crippen molar-refractivity contribution in [1.29, 1.82) is 0 Å². The van der Waals surface area contributed by atoms with E-state index in [1.54, 1.807) is 0 Å². The van der Waals surface area contributed by atoms with Gasteiger partial charge in [0.15, 0.2) is 5.82 Å². The monoisotopic (exact) mass is 509 g/mol. The van der Waals surface area contributed by atoms with Gasteiger partial charge in [-0.15, -0.1) is 10.2 Å². The first kappa shape index (κ1) is 24.2. The van der Waals surface area contributed by atoms with Gasteiger partial charge < -0.3 is 19.4 Å². The number of carbonyl (C=O) groups is 1. The number of benzene rings is 1. The quantitative estimate of drug-likeness (QED) is 0.516. The summed E-state index contributed by atoms with van der Waals surface area (Å²) < 4.78 is 67.8. The second-order valence-corrected chi connectivity index (χ2v) is 9.29. The van der Waals surface area contributed by atoms with E-state index in [0.29, 0.717) is 25.3 Å². The Morgan fingerprint density at radius 2 is 2.08 bits per heavy atom. The van der Waals surface area contributed by atoms with Gasteiger partial charge >= 0.3 is 12.2 Å². The number of amides is 2. The largest absolute Gasteiger partial charge is 0.420 e. The first-order chi connectivity index (χ1) is 17.0. The fourth-order valence-corrected chi connectivity index (χ4v) is 5.30. The molecule has 3 atom stereocenters. The van der Waals surface area contributed by atoms with Gasteiger partial charge in [-0.25, -0.2) is 14.2 Å². The first-order valence-corrected chi connectivity index (χ1v) is 11.2. The maximum atomic E-state index is 14.9. The molecule has 36 heavy (non-hydrogen) atoms. The molecule has 1 aliphatic carbocycles. The van der Waals surface area contributed by atoms with Gasteiger partial charge in [-0.1, -0.05) is 6.92 Å². The van der Waals surface area contributed by atoms with Crippen LogP contribution in [-0.4, -0.2) is 49.0 Å². The van der Waals surface area contributed by atoms with Crippen molar-refractivity contribution in [2.45, 2.75) is 50.6 Å². The maximum Gasteiger partial charge on any atom is 0.417 e. The molecule has 14 heteroatoms. The van der Waals surface area contributed by atoms with Gasteiger partial charge in [-0.3, -0.25) is 4.68 Å². The molecule has 3 heterocycles. The molecule has 2 bridgehead atoms. The molecule has 1 saturated carbocycles. The average Bonchev–Trinajstić information content (AvgIpc) is 3.43. The Kier molecular flexibility index (Phi) is 5.73. The molecule has 1 aliphatic heterocycles. The Hall–Kier alpha value is -3.55. The van der Waals surface area contributed by atoms with Crippen LogP contribution < -0.4 is 5.32 Å². The first-order valence-electron chi connectivity index (χ1n) is 11.2. The minimum absolute atomic E-state index is 0.107. The number of piperidine rings is 1. The molecule has 1 N–H and O–H groups in total. The van der Waals surface area contributed by atoms with Crippen molar-refractivity contribution in [2.75, 3.05) is 12.4 Å². The van der Waals surface area contributed by atoms with Gasteiger partial charge in [0.25, 0.3) is 0 Å². The summed E-state index contributed by atoms with van der Waals surface area (Å²) in [6.07, 6.45) is -1.79. The molecule has 2 amide bonds. The van der Waals surface area contributed by atoms with Crippen LogP contribution in [0.2, 0.25) is 0 Å². The van der Waals surface area contributed by atoms with E-state index >= 15 is 0 Å². The lowest BCUT2D eigenvalue weighted by Crippen LogP contribution is -2.70. The van der Waals surface area contributed by atoms with E-state index in [4.69, 9.17) is 9.15 Å². The fourth-order valence-electron chi connectivity index (χ4n) is 5.30. The zero-order valence-electron chi connectivity index (χ0n) is 19.6. The summed E-state index contributed by atoms with van der Waals surface area (Å²) >= 11 is 0. The van der Waals surface area contributed by atoms with Crippen LogP contribution in [-0.2, 0) is 30.1 Å². The second kappa shape index (κ2) is 8.54. The number of halogens is 4. The number of carbonyl (C=O) groups excluding carboxylic acids is 1. The van der Waals surface area contributed by atoms with Crippen molar-refractivity contribution < 1.29 is 31.5 Å². The molecule has 2 fully saturated rings. The van der Waals surface area contributed by atoms with Crippen molar-refractivity contribution >= 4 is 11.7 Å². The molecule has 1 saturated heterocycles. The summed E-state index contributed by atoms with van der Waals surface area (Å²) in [5.74, 6) is -0.717. The highest BCUT2D eigenvalue weighted by atomic mass is 19.4. The predicted molar refractivity (Wildman–Crippen MR) is 116 cm³/mol. The highest BCUT2D eigenvalue weighted by molar-refractivity contribution is 5.92. The van der Waals surface area contributed by atoms with E-state index < -0.39 is 40.4 Å². The van der Waals surface area contributed by atoms with Gasteiger partial charge in [0.05, 0.1) is 11.3 Å². The molecular formula is C22H23F4N7O3. The van der Waals surface area contributed by atoms with Crippen LogP contribution in [0, 0.1) is 11.7 Å². The average molecular weight is 509 g/mol. The minimum Gasteiger partial charge on any atom is -0.420 e. The van der Waals surface area contributed by atoms with E-state index in [-0.39, 0.29) is 36.2 Å². The smallest absolute Gasteiger partial charge is 0.417 e. The van der Waals surface area contributed by atoms with Crippen LogP contribution in [0.3, 0.4) is 0 Å². The van der Waals surface area contributed by atoms with Crippen LogP contribution in [0.15, 0.2) is 22.9 Å². The van der Waals surface area contributed by atoms with Gasteiger partial charge in [0.2, 0.25) is 11.8 Å². The molecule has 5 rings (SSSR count). The Labute approximate surface area is 202 Å². The second-order valence-electron chi connectivity index (χ2n) is 9.29. The van der Waals surface area contributed by atoms with Crippen LogP contribution in [0.25, 0.3) is 11.4 Å². The number of alkyl halides is 3. The lowest BCUT2D eigenvalue weighted by atomic mass is 9.64. The van der Waals surface area contributed by atoms with E-state index in [9.17, 15) is 22.4 Å². The molecule has 1 aromatic carbocycles. The number of likely N-dealkylation sites (tertiary alicyclic amines) is 1. The highest BCUT2D eigenvalue weighted by Crippen LogP contribution is 2.55. The normalized spacial score (nSPS) is 23.5. The SMILES string of the molecule is COCc1nnc([C@@]23C[C@H](C)C[C@@H](C2)N3C(=O)Nc2cc(-c3ncn(C)n3)c(C(F)(F)F)cc2F)o1. The molecule has 192 valence electrons. The summed E-state index contributed by atoms with van der Waals surface area (Å²) in [6, 6.07) is 0.397. The third-order valence-electron chi connectivity index (χ3n) is 6.61. The van der Waals surface area contributed by atoms with Gasteiger partial charge in [0.1, 0.15) is 24.3 Å². The fraction of sp³-hybridized carbons (Fsp3) is 0.500. The predicted octanol–water partition coefficient (Wildman–Crippen LogP) is 4.10. The summed E-state index contributed by atoms with van der Waals surface area (Å²) in [5, 5.41) is 14.4. The van der Waals surface area contributed by atoms with Crippen molar-refractivity contribution in [3.63, 3.8) is 0 Å². The van der Waals surface area contributed by atoms with E-state index in [1.165, 1.54) is 30.1 Å². The number of aromatic nitrogens is 5. The van der Waals surface area contributed by atoms with Crippen LogP contribution in [0.4, 0.5) is 28.0 Å². The lowest BCUT2D eigenvalue weighted by Gasteiger charge is -2.61. The molecule has 2 aliphatic rings. The van der Waals surface area contributed by atoms with Crippen LogP contribution in [0.1, 0.15) is 43.5 Å². The number of methoxy groups -OCH3 is 1. The lowest BCUT2D eigenvalue weighted by molar-refractivity contribution is -0.137. The van der Waals surface area contributed by atoms with Crippen molar-refractivity contribution in [1.82, 2.24) is 29.9 Å². The topological polar surface area (TPSA) is 111 Å². The third-order valence-corrected chi connectivity index (χ3v) is 6.61. The van der Waals surface area contributed by atoms with Crippen LogP contribution >= 0.6 is 0 Å². The van der Waals surface area contributed by atoms with E-state index in [0.717, 1.165) is 6.07 Å². The number of aryl methyl sites for hydroxylation is 1. The number of anilines is 1. The number of urea groups is 1. The third kappa shape index (κ3) is 3.98. The van der Waals surface area contributed by atoms with Crippen molar-refractivity contribution in [2.24, 2.45) is 13.0 Å². The Morgan fingerprint density at radius 1 is 1.31 bits per heavy atom. The number of nitrogens with zero attached hydrogens (tertiary/aromatic N) is 6. The van der Waals surface area contributed by atoms with E-state index in [1.807, 2.05) is 6.92 Å². The van der Waals surface area contributed by atoms with Gasteiger partial charge in [0, 0.05) is 32.2 Å². The zero-order valence-corrected chi connectivity index (χ0v) is 19.6. The van der Waals surface area contributed by atoms with Crippen molar-refractivity contribution in [3.05, 3.63) is 41.6 Å². The van der Waals surface area contributed by atoms with E-state index in [2.05, 4.69) is 25.6 Å². The number of rotatable bonds is 5. The number of hydrogen-bond acceptors (Lipinski definition) is 7. The Balaban J connectivity index is 1.48. The molecule has 3 aromatic rings. The van der Waals surface area contributed by atoms with Gasteiger partial charge in [-0.05, 0) is 30.9 Å². The Bertz CT molecular complexity index is 1310. The molecule has 0 unspecified atom stereocenters. The number of hydrogen-bond donors (Lipinski definition) is 1. The van der Waals surface area contributed by atoms with Crippen LogP contribution in [0.5, 0.6) is 0 Å². The molecule has 10 nitrogen and oxygen atoms in total. The number of nitrogens with one attached hydrogen (secondary N) is 1. The minimum atomic E-state index is -4.86. The summed E-state index contributed by atoms with van der Waals surface area (Å²) in [4.78, 5) is 18.8. The molecular weight excluding hydrogens is 486 g/mol. The number of fused-ring (bicyclic) bond motifs is 2. The Morgan fingerprint density at radius 3 is 2.75 bits per heavy atom. The summed E-state index contributed by atoms with van der Waals surface area (Å²) in [7, 11) is 2.98. The number of ether oxygens (including phenoxy) is 1. The molecule has 2 aromatic heterocycles. The van der Waals surface area contributed by atoms with Gasteiger partial charge in [-0.2, -0.15) is 18.3 Å². The highest BCUT2D eigenvalue weighted by Gasteiger charge is 2.62. The molecule has 0 radical (unpaired) electrons. The summed E-state index contributed by atoms with van der Waals surface area (Å²) in [5.41, 5.74) is -3.01. The molecule has 0 spiro atoms. The standard InChI is InChI=1S/C22H23F4N7O3/c1-11-4-12-8-21(7-11,19-30-29-17(36-19)9-35-3)33(12)20(34)28-16-5-13(18-27-10-32(2)31-18)14(6-15(16)23)22(24,25)26/h5-6,10-12H,4,7-9H2,1-3H3,(H,28,34)/t11-,12+,21-/m1/s1. The summed E-state index contributed by atoms with van der Waals surface area (Å²) in [6.45, 7) is 2.15. The van der Waals surface area contributed by atoms with Crippen molar-refractivity contribution in [3.8, 4) is 11.4 Å².